The average molecular weight is 209 g/mol. The highest BCUT2D eigenvalue weighted by molar-refractivity contribution is 5.84. The zero-order valence-electron chi connectivity index (χ0n) is 9.57. The number of pyridine rings is 1. The van der Waals surface area contributed by atoms with Crippen LogP contribution in [0.1, 0.15) is 20.8 Å². The average Bonchev–Trinajstić information content (AvgIpc) is 1.99. The van der Waals surface area contributed by atoms with Crippen LogP contribution in [0, 0.1) is 0 Å². The quantitative estimate of drug-likeness (QED) is 0.717. The van der Waals surface area contributed by atoms with Crippen molar-refractivity contribution in [1.82, 2.24) is 0 Å². The van der Waals surface area contributed by atoms with Gasteiger partial charge in [-0.05, 0) is 26.8 Å². The number of nitrogens with one attached hydrogen (secondary N) is 1. The van der Waals surface area contributed by atoms with Gasteiger partial charge in [0, 0.05) is 6.07 Å². The maximum Gasteiger partial charge on any atom is 0.412 e. The van der Waals surface area contributed by atoms with Gasteiger partial charge in [0.1, 0.15) is 18.3 Å². The first-order chi connectivity index (χ1) is 6.87. The fraction of sp³-hybridized carbons (Fsp3) is 0.455. The van der Waals surface area contributed by atoms with E-state index < -0.39 is 11.7 Å². The van der Waals surface area contributed by atoms with E-state index in [1.54, 1.807) is 0 Å². The van der Waals surface area contributed by atoms with E-state index in [-0.39, 0.29) is 0 Å². The van der Waals surface area contributed by atoms with Crippen LogP contribution in [0.5, 0.6) is 0 Å². The number of anilines is 1. The number of aromatic nitrogens is 1. The molecule has 0 fully saturated rings. The second-order valence-electron chi connectivity index (χ2n) is 4.38. The van der Waals surface area contributed by atoms with Gasteiger partial charge < -0.3 is 4.74 Å². The van der Waals surface area contributed by atoms with E-state index in [1.165, 1.54) is 0 Å². The monoisotopic (exact) mass is 209 g/mol. The Balaban J connectivity index is 2.59. The topological polar surface area (TPSA) is 42.2 Å². The minimum atomic E-state index is -0.471. The zero-order chi connectivity index (χ0) is 11.5. The molecular weight excluding hydrogens is 192 g/mol. The van der Waals surface area contributed by atoms with Gasteiger partial charge in [0.15, 0.2) is 12.4 Å². The zero-order valence-corrected chi connectivity index (χ0v) is 9.57. The summed E-state index contributed by atoms with van der Waals surface area (Å²) in [5, 5.41) is 2.66. The highest BCUT2D eigenvalue weighted by Crippen LogP contribution is 2.09. The third-order valence-electron chi connectivity index (χ3n) is 1.58. The Hall–Kier alpha value is -1.58. The summed E-state index contributed by atoms with van der Waals surface area (Å²) in [5.74, 6) is 0. The summed E-state index contributed by atoms with van der Waals surface area (Å²) in [5.41, 5.74) is 0.246. The van der Waals surface area contributed by atoms with Crippen LogP contribution in [0.2, 0.25) is 0 Å². The molecule has 0 saturated carbocycles. The van der Waals surface area contributed by atoms with Crippen molar-refractivity contribution in [1.29, 1.82) is 0 Å². The lowest BCUT2D eigenvalue weighted by molar-refractivity contribution is -0.670. The van der Waals surface area contributed by atoms with Gasteiger partial charge in [0.25, 0.3) is 0 Å². The molecule has 0 aliphatic carbocycles. The Labute approximate surface area is 89.9 Å². The van der Waals surface area contributed by atoms with Gasteiger partial charge in [-0.1, -0.05) is 0 Å². The van der Waals surface area contributed by atoms with Gasteiger partial charge in [-0.15, -0.1) is 0 Å². The van der Waals surface area contributed by atoms with Gasteiger partial charge in [0.2, 0.25) is 0 Å². The summed E-state index contributed by atoms with van der Waals surface area (Å²) in [6, 6.07) is 3.66. The molecule has 1 heterocycles. The normalized spacial score (nSPS) is 10.9. The molecule has 0 saturated heterocycles. The first kappa shape index (κ1) is 11.5. The summed E-state index contributed by atoms with van der Waals surface area (Å²) in [7, 11) is 1.89. The summed E-state index contributed by atoms with van der Waals surface area (Å²) < 4.78 is 6.98. The molecular formula is C11H17N2O2+. The van der Waals surface area contributed by atoms with Crippen molar-refractivity contribution < 1.29 is 14.1 Å². The Morgan fingerprint density at radius 3 is 2.67 bits per heavy atom. The number of ether oxygens (including phenoxy) is 1. The van der Waals surface area contributed by atoms with Crippen molar-refractivity contribution in [2.24, 2.45) is 7.05 Å². The molecule has 1 amide bonds. The van der Waals surface area contributed by atoms with Gasteiger partial charge in [-0.3, -0.25) is 5.32 Å². The first-order valence-corrected chi connectivity index (χ1v) is 4.82. The molecule has 1 aromatic rings. The molecule has 0 aromatic carbocycles. The summed E-state index contributed by atoms with van der Waals surface area (Å²) in [4.78, 5) is 11.4. The highest BCUT2D eigenvalue weighted by atomic mass is 16.6. The number of nitrogens with zero attached hydrogens (tertiary/aromatic N) is 1. The number of amides is 1. The molecule has 4 nitrogen and oxygen atoms in total. The lowest BCUT2D eigenvalue weighted by Gasteiger charge is -2.19. The Kier molecular flexibility index (Phi) is 3.29. The van der Waals surface area contributed by atoms with Crippen molar-refractivity contribution in [3.8, 4) is 0 Å². The number of carbonyl (C=O) groups excluding carboxylic acids is 1. The molecule has 0 bridgehead atoms. The van der Waals surface area contributed by atoms with Crippen LogP contribution in [-0.4, -0.2) is 11.7 Å². The maximum absolute atomic E-state index is 11.4. The Morgan fingerprint density at radius 1 is 1.47 bits per heavy atom. The van der Waals surface area contributed by atoms with E-state index in [4.69, 9.17) is 4.74 Å². The van der Waals surface area contributed by atoms with Crippen molar-refractivity contribution in [2.75, 3.05) is 5.32 Å². The summed E-state index contributed by atoms with van der Waals surface area (Å²) >= 11 is 0. The van der Waals surface area contributed by atoms with Crippen molar-refractivity contribution >= 4 is 11.8 Å². The fourth-order valence-electron chi connectivity index (χ4n) is 1.08. The third kappa shape index (κ3) is 4.44. The predicted molar refractivity (Wildman–Crippen MR) is 57.5 cm³/mol. The van der Waals surface area contributed by atoms with Crippen molar-refractivity contribution in [3.63, 3.8) is 0 Å². The molecule has 0 unspecified atom stereocenters. The number of rotatable bonds is 1. The van der Waals surface area contributed by atoms with Crippen LogP contribution in [0.3, 0.4) is 0 Å². The summed E-state index contributed by atoms with van der Waals surface area (Å²) in [6.07, 6.45) is 3.26. The number of aryl methyl sites for hydroxylation is 1. The highest BCUT2D eigenvalue weighted by Gasteiger charge is 2.16. The van der Waals surface area contributed by atoms with Crippen LogP contribution < -0.4 is 9.88 Å². The van der Waals surface area contributed by atoms with Crippen LogP contribution >= 0.6 is 0 Å². The molecule has 0 atom stereocenters. The second-order valence-corrected chi connectivity index (χ2v) is 4.38. The fourth-order valence-corrected chi connectivity index (χ4v) is 1.08. The third-order valence-corrected chi connectivity index (χ3v) is 1.58. The smallest absolute Gasteiger partial charge is 0.412 e. The Bertz CT molecular complexity index is 356. The molecule has 0 aliphatic rings. The van der Waals surface area contributed by atoms with Gasteiger partial charge in [-0.25, -0.2) is 9.36 Å². The predicted octanol–water partition coefficient (Wildman–Crippen LogP) is 1.86. The standard InChI is InChI=1S/C11H16N2O2/c1-11(2,3)15-10(14)12-9-6-5-7-13(4)8-9/h5-8H,1-4H3/p+1. The number of hydrogen-bond acceptors (Lipinski definition) is 2. The van der Waals surface area contributed by atoms with Crippen molar-refractivity contribution in [2.45, 2.75) is 26.4 Å². The van der Waals surface area contributed by atoms with Crippen LogP contribution in [0.25, 0.3) is 0 Å². The first-order valence-electron chi connectivity index (χ1n) is 4.82. The molecule has 0 spiro atoms. The van der Waals surface area contributed by atoms with E-state index in [0.717, 1.165) is 0 Å². The minimum absolute atomic E-state index is 0.436. The van der Waals surface area contributed by atoms with E-state index in [1.807, 2.05) is 56.9 Å². The van der Waals surface area contributed by atoms with E-state index in [9.17, 15) is 4.79 Å². The van der Waals surface area contributed by atoms with Crippen LogP contribution in [0.15, 0.2) is 24.5 Å². The van der Waals surface area contributed by atoms with Gasteiger partial charge in [0.05, 0.1) is 0 Å². The van der Waals surface area contributed by atoms with E-state index in [2.05, 4.69) is 5.32 Å². The SMILES string of the molecule is C[n+]1cccc(NC(=O)OC(C)(C)C)c1. The van der Waals surface area contributed by atoms with Crippen molar-refractivity contribution in [3.05, 3.63) is 24.5 Å². The molecule has 1 N–H and O–H groups in total. The molecule has 0 radical (unpaired) electrons. The molecule has 0 aliphatic heterocycles. The maximum atomic E-state index is 11.4. The van der Waals surface area contributed by atoms with Gasteiger partial charge in [-0.2, -0.15) is 0 Å². The molecule has 1 rings (SSSR count). The lowest BCUT2D eigenvalue weighted by Crippen LogP contribution is -2.30. The van der Waals surface area contributed by atoms with Crippen LogP contribution in [0.4, 0.5) is 10.5 Å². The van der Waals surface area contributed by atoms with E-state index >= 15 is 0 Å². The summed E-state index contributed by atoms with van der Waals surface area (Å²) in [6.45, 7) is 5.49. The Morgan fingerprint density at radius 2 is 2.13 bits per heavy atom. The van der Waals surface area contributed by atoms with E-state index in [0.29, 0.717) is 5.69 Å². The molecule has 15 heavy (non-hydrogen) atoms. The van der Waals surface area contributed by atoms with Gasteiger partial charge >= 0.3 is 6.09 Å². The second kappa shape index (κ2) is 4.29. The minimum Gasteiger partial charge on any atom is -0.444 e. The largest absolute Gasteiger partial charge is 0.444 e. The molecule has 82 valence electrons. The number of hydrogen-bond donors (Lipinski definition) is 1. The van der Waals surface area contributed by atoms with Crippen LogP contribution in [-0.2, 0) is 11.8 Å². The number of carbonyl (C=O) groups is 1. The molecule has 4 heteroatoms. The molecule has 1 aromatic heterocycles. The lowest BCUT2D eigenvalue weighted by atomic mass is 10.2.